The molecule has 2 rings (SSSR count). The van der Waals surface area contributed by atoms with Gasteiger partial charge in [-0.1, -0.05) is 0 Å². The van der Waals surface area contributed by atoms with Crippen molar-refractivity contribution in [2.75, 3.05) is 12.8 Å². The summed E-state index contributed by atoms with van der Waals surface area (Å²) in [5, 5.41) is 0.342. The molecule has 1 aliphatic rings. The quantitative estimate of drug-likeness (QED) is 0.735. The molecule has 2 heterocycles. The molecule has 0 aromatic carbocycles. The Morgan fingerprint density at radius 1 is 1.45 bits per heavy atom. The normalized spacial score (nSPS) is 16.5. The van der Waals surface area contributed by atoms with Crippen LogP contribution in [0.2, 0.25) is 0 Å². The molecule has 1 atom stereocenters. The second-order valence-electron chi connectivity index (χ2n) is 5.73. The Morgan fingerprint density at radius 2 is 2.15 bits per heavy atom. The maximum absolute atomic E-state index is 12.0. The van der Waals surface area contributed by atoms with E-state index < -0.39 is 16.4 Å². The molecule has 1 aromatic heterocycles. The fourth-order valence-corrected chi connectivity index (χ4v) is 2.36. The van der Waals surface area contributed by atoms with Crippen molar-refractivity contribution < 1.29 is 13.7 Å². The van der Waals surface area contributed by atoms with Crippen LogP contribution >= 0.6 is 0 Å². The molecule has 0 fully saturated rings. The van der Waals surface area contributed by atoms with Gasteiger partial charge < -0.3 is 9.64 Å². The fourth-order valence-electron chi connectivity index (χ4n) is 1.92. The third kappa shape index (κ3) is 3.53. The van der Waals surface area contributed by atoms with Gasteiger partial charge in [-0.05, 0) is 20.8 Å². The molecular formula is C13H19N3O3S. The van der Waals surface area contributed by atoms with E-state index in [0.29, 0.717) is 24.7 Å². The standard InChI is InChI=1S/C13H19N3O3S/c1-13(2,3)19-12(17)16-6-5-10-9(8-16)7-14-11(15-10)20(4)18/h7H,5-6,8H2,1-4H3. The van der Waals surface area contributed by atoms with Gasteiger partial charge in [-0.3, -0.25) is 4.21 Å². The highest BCUT2D eigenvalue weighted by molar-refractivity contribution is 7.84. The first kappa shape index (κ1) is 14.9. The van der Waals surface area contributed by atoms with Crippen molar-refractivity contribution in [3.05, 3.63) is 17.5 Å². The minimum absolute atomic E-state index is 0.328. The highest BCUT2D eigenvalue weighted by Gasteiger charge is 2.26. The molecule has 0 spiro atoms. The minimum atomic E-state index is -1.19. The molecule has 20 heavy (non-hydrogen) atoms. The Labute approximate surface area is 121 Å². The molecular weight excluding hydrogens is 278 g/mol. The number of aromatic nitrogens is 2. The van der Waals surface area contributed by atoms with E-state index >= 15 is 0 Å². The molecule has 110 valence electrons. The maximum Gasteiger partial charge on any atom is 0.410 e. The van der Waals surface area contributed by atoms with Crippen LogP contribution in [0.1, 0.15) is 32.0 Å². The Bertz CT molecular complexity index is 554. The minimum Gasteiger partial charge on any atom is -0.444 e. The monoisotopic (exact) mass is 297 g/mol. The highest BCUT2D eigenvalue weighted by Crippen LogP contribution is 2.19. The molecule has 1 aromatic rings. The van der Waals surface area contributed by atoms with E-state index in [4.69, 9.17) is 4.74 Å². The van der Waals surface area contributed by atoms with E-state index in [1.165, 1.54) is 0 Å². The maximum atomic E-state index is 12.0. The van der Waals surface area contributed by atoms with Crippen LogP contribution in [0.5, 0.6) is 0 Å². The summed E-state index contributed by atoms with van der Waals surface area (Å²) in [7, 11) is -1.19. The van der Waals surface area contributed by atoms with Gasteiger partial charge >= 0.3 is 6.09 Å². The van der Waals surface area contributed by atoms with E-state index in [1.54, 1.807) is 17.4 Å². The molecule has 0 saturated carbocycles. The number of hydrogen-bond acceptors (Lipinski definition) is 5. The lowest BCUT2D eigenvalue weighted by Crippen LogP contribution is -2.40. The molecule has 0 aliphatic carbocycles. The van der Waals surface area contributed by atoms with Crippen LogP contribution in [0.15, 0.2) is 11.4 Å². The van der Waals surface area contributed by atoms with Crippen molar-refractivity contribution in [2.24, 2.45) is 0 Å². The first-order valence-electron chi connectivity index (χ1n) is 6.42. The zero-order valence-electron chi connectivity index (χ0n) is 12.2. The summed E-state index contributed by atoms with van der Waals surface area (Å²) in [4.78, 5) is 22.0. The summed E-state index contributed by atoms with van der Waals surface area (Å²) in [6, 6.07) is 0. The number of amides is 1. The molecule has 7 heteroatoms. The first-order chi connectivity index (χ1) is 9.26. The topological polar surface area (TPSA) is 72.4 Å². The SMILES string of the molecule is CS(=O)c1ncc2c(n1)CCN(C(=O)OC(C)(C)C)C2. The molecule has 1 amide bonds. The lowest BCUT2D eigenvalue weighted by atomic mass is 10.1. The molecule has 6 nitrogen and oxygen atoms in total. The third-order valence-electron chi connectivity index (χ3n) is 2.82. The van der Waals surface area contributed by atoms with E-state index in [2.05, 4.69) is 9.97 Å². The van der Waals surface area contributed by atoms with Crippen LogP contribution in [0.4, 0.5) is 4.79 Å². The van der Waals surface area contributed by atoms with E-state index in [-0.39, 0.29) is 6.09 Å². The lowest BCUT2D eigenvalue weighted by Gasteiger charge is -2.30. The van der Waals surface area contributed by atoms with Crippen LogP contribution in [0.3, 0.4) is 0 Å². The molecule has 1 unspecified atom stereocenters. The van der Waals surface area contributed by atoms with Gasteiger partial charge in [-0.2, -0.15) is 0 Å². The summed E-state index contributed by atoms with van der Waals surface area (Å²) in [5.74, 6) is 0. The number of hydrogen-bond donors (Lipinski definition) is 0. The number of ether oxygens (including phenoxy) is 1. The average Bonchev–Trinajstić information content (AvgIpc) is 2.35. The van der Waals surface area contributed by atoms with Crippen LogP contribution in [0.25, 0.3) is 0 Å². The smallest absolute Gasteiger partial charge is 0.410 e. The van der Waals surface area contributed by atoms with Gasteiger partial charge in [-0.15, -0.1) is 0 Å². The van der Waals surface area contributed by atoms with E-state index in [0.717, 1.165) is 11.3 Å². The average molecular weight is 297 g/mol. The Balaban J connectivity index is 2.12. The zero-order valence-corrected chi connectivity index (χ0v) is 13.0. The van der Waals surface area contributed by atoms with Crippen molar-refractivity contribution >= 4 is 16.9 Å². The number of carbonyl (C=O) groups is 1. The molecule has 0 N–H and O–H groups in total. The van der Waals surface area contributed by atoms with Gasteiger partial charge in [-0.25, -0.2) is 14.8 Å². The Morgan fingerprint density at radius 3 is 2.75 bits per heavy atom. The first-order valence-corrected chi connectivity index (χ1v) is 7.98. The zero-order chi connectivity index (χ0) is 14.9. The Kier molecular flexibility index (Phi) is 4.08. The fraction of sp³-hybridized carbons (Fsp3) is 0.615. The van der Waals surface area contributed by atoms with Gasteiger partial charge in [0.25, 0.3) is 0 Å². The summed E-state index contributed by atoms with van der Waals surface area (Å²) < 4.78 is 16.7. The number of rotatable bonds is 1. The van der Waals surface area contributed by atoms with Crippen molar-refractivity contribution in [1.29, 1.82) is 0 Å². The lowest BCUT2D eigenvalue weighted by molar-refractivity contribution is 0.0222. The third-order valence-corrected chi connectivity index (χ3v) is 3.53. The van der Waals surface area contributed by atoms with Gasteiger partial charge in [0, 0.05) is 31.0 Å². The van der Waals surface area contributed by atoms with Crippen LogP contribution < -0.4 is 0 Å². The molecule has 0 radical (unpaired) electrons. The molecule has 1 aliphatic heterocycles. The van der Waals surface area contributed by atoms with Crippen molar-refractivity contribution in [1.82, 2.24) is 14.9 Å². The van der Waals surface area contributed by atoms with Gasteiger partial charge in [0.1, 0.15) is 5.60 Å². The summed E-state index contributed by atoms with van der Waals surface area (Å²) >= 11 is 0. The predicted octanol–water partition coefficient (Wildman–Crippen LogP) is 1.51. The van der Waals surface area contributed by atoms with Gasteiger partial charge in [0.2, 0.25) is 5.16 Å². The van der Waals surface area contributed by atoms with E-state index in [9.17, 15) is 9.00 Å². The molecule has 0 bridgehead atoms. The van der Waals surface area contributed by atoms with Crippen molar-refractivity contribution in [3.63, 3.8) is 0 Å². The summed E-state index contributed by atoms with van der Waals surface area (Å²) in [5.41, 5.74) is 1.25. The summed E-state index contributed by atoms with van der Waals surface area (Å²) in [6.45, 7) is 6.51. The van der Waals surface area contributed by atoms with Crippen LogP contribution in [-0.4, -0.2) is 43.6 Å². The second kappa shape index (κ2) is 5.47. The summed E-state index contributed by atoms with van der Waals surface area (Å²) in [6.07, 6.45) is 3.50. The number of fused-ring (bicyclic) bond motifs is 1. The van der Waals surface area contributed by atoms with Crippen molar-refractivity contribution in [2.45, 2.75) is 44.5 Å². The van der Waals surface area contributed by atoms with Gasteiger partial charge in [0.05, 0.1) is 23.0 Å². The second-order valence-corrected chi connectivity index (χ2v) is 7.00. The van der Waals surface area contributed by atoms with Crippen molar-refractivity contribution in [3.8, 4) is 0 Å². The highest BCUT2D eigenvalue weighted by atomic mass is 32.2. The predicted molar refractivity (Wildman–Crippen MR) is 74.7 cm³/mol. The van der Waals surface area contributed by atoms with Crippen LogP contribution in [-0.2, 0) is 28.5 Å². The number of carbonyl (C=O) groups excluding carboxylic acids is 1. The van der Waals surface area contributed by atoms with E-state index in [1.807, 2.05) is 20.8 Å². The molecule has 0 saturated heterocycles. The largest absolute Gasteiger partial charge is 0.444 e. The van der Waals surface area contributed by atoms with Gasteiger partial charge in [0.15, 0.2) is 0 Å². The Hall–Kier alpha value is -1.50. The number of nitrogens with zero attached hydrogens (tertiary/aromatic N) is 3. The van der Waals surface area contributed by atoms with Crippen LogP contribution in [0, 0.1) is 0 Å².